The molecule has 0 saturated carbocycles. The molecule has 4 aliphatic heterocycles. The maximum Gasteiger partial charge on any atom is 0.353 e. The number of carbonyl (C=O) groups excluding carboxylic acids is 3. The van der Waals surface area contributed by atoms with Crippen LogP contribution in [-0.2, 0) is 25.7 Å². The number of guanidine groups is 1. The number of amides is 3. The Morgan fingerprint density at radius 3 is 2.65 bits per heavy atom. The normalized spacial score (nSPS) is 28.0. The van der Waals surface area contributed by atoms with Crippen LogP contribution in [-0.4, -0.2) is 139 Å². The molecule has 3 saturated heterocycles. The fourth-order valence-corrected chi connectivity index (χ4v) is 7.86. The highest BCUT2D eigenvalue weighted by Gasteiger charge is 2.60. The van der Waals surface area contributed by atoms with E-state index in [1.54, 1.807) is 6.92 Å². The van der Waals surface area contributed by atoms with Crippen LogP contribution in [0.2, 0.25) is 0 Å². The molecular formula is C25H38N12O5S. The number of carbonyl (C=O) groups is 4. The second-order valence-corrected chi connectivity index (χ2v) is 12.6. The zero-order valence-corrected chi connectivity index (χ0v) is 24.9. The van der Waals surface area contributed by atoms with Crippen molar-refractivity contribution in [3.63, 3.8) is 0 Å². The number of nitrogens with zero attached hydrogens (tertiary/aromatic N) is 8. The number of tetrazole rings is 1. The van der Waals surface area contributed by atoms with Crippen molar-refractivity contribution >= 4 is 41.4 Å². The van der Waals surface area contributed by atoms with Gasteiger partial charge in [-0.1, -0.05) is 6.92 Å². The van der Waals surface area contributed by atoms with E-state index in [0.717, 1.165) is 19.6 Å². The number of β-lactam (4-membered cyclic amide) rings is 1. The van der Waals surface area contributed by atoms with Crippen LogP contribution < -0.4 is 22.1 Å². The number of fused-ring (bicyclic) bond motifs is 1. The molecule has 0 radical (unpaired) electrons. The number of aliphatic carboxylic acids is 1. The molecular weight excluding hydrogens is 580 g/mol. The van der Waals surface area contributed by atoms with Crippen LogP contribution in [0.3, 0.4) is 0 Å². The lowest BCUT2D eigenvalue weighted by molar-refractivity contribution is -0.158. The second-order valence-electron chi connectivity index (χ2n) is 11.3. The average Bonchev–Trinajstić information content (AvgIpc) is 3.69. The van der Waals surface area contributed by atoms with Crippen LogP contribution in [0.15, 0.2) is 21.9 Å². The molecule has 3 amide bonds. The Morgan fingerprint density at radius 2 is 2.00 bits per heavy atom. The first-order valence-electron chi connectivity index (χ1n) is 14.3. The average molecular weight is 619 g/mol. The Kier molecular flexibility index (Phi) is 9.16. The number of aliphatic imine (C=N–C) groups is 1. The van der Waals surface area contributed by atoms with Gasteiger partial charge in [-0.3, -0.25) is 24.3 Å². The van der Waals surface area contributed by atoms with Crippen molar-refractivity contribution in [3.05, 3.63) is 16.9 Å². The number of hydrogen-bond donors (Lipinski definition) is 5. The summed E-state index contributed by atoms with van der Waals surface area (Å²) in [5.74, 6) is -2.51. The molecule has 234 valence electrons. The van der Waals surface area contributed by atoms with E-state index in [1.165, 1.54) is 27.7 Å². The van der Waals surface area contributed by atoms with E-state index >= 15 is 0 Å². The van der Waals surface area contributed by atoms with Gasteiger partial charge in [0, 0.05) is 61.4 Å². The molecule has 3 fully saturated rings. The van der Waals surface area contributed by atoms with Crippen molar-refractivity contribution in [1.29, 1.82) is 0 Å². The van der Waals surface area contributed by atoms with Gasteiger partial charge < -0.3 is 37.0 Å². The van der Waals surface area contributed by atoms with Crippen LogP contribution in [0.4, 0.5) is 0 Å². The lowest BCUT2D eigenvalue weighted by Gasteiger charge is -2.47. The first kappa shape index (κ1) is 30.7. The predicted molar refractivity (Wildman–Crippen MR) is 155 cm³/mol. The Morgan fingerprint density at radius 1 is 1.26 bits per heavy atom. The number of piperazine rings is 1. The first-order valence-corrected chi connectivity index (χ1v) is 15.2. The molecule has 18 heteroatoms. The molecule has 0 aromatic carbocycles. The number of rotatable bonds is 11. The van der Waals surface area contributed by atoms with E-state index in [9.17, 15) is 24.3 Å². The number of nitrogens with one attached hydrogen (secondary N) is 2. The summed E-state index contributed by atoms with van der Waals surface area (Å²) in [6.07, 6.45) is 1.88. The van der Waals surface area contributed by atoms with Gasteiger partial charge in [0.05, 0.1) is 24.5 Å². The topological polar surface area (TPSA) is 230 Å². The molecule has 1 aromatic rings. The highest BCUT2D eigenvalue weighted by atomic mass is 32.2. The van der Waals surface area contributed by atoms with E-state index in [2.05, 4.69) is 36.1 Å². The predicted octanol–water partition coefficient (Wildman–Crippen LogP) is -3.17. The zero-order valence-electron chi connectivity index (χ0n) is 24.1. The fraction of sp³-hybridized carbons (Fsp3) is 0.680. The summed E-state index contributed by atoms with van der Waals surface area (Å²) in [5.41, 5.74) is 10.8. The van der Waals surface area contributed by atoms with E-state index in [0.29, 0.717) is 37.5 Å². The van der Waals surface area contributed by atoms with Crippen LogP contribution in [0.25, 0.3) is 0 Å². The monoisotopic (exact) mass is 618 g/mol. The van der Waals surface area contributed by atoms with E-state index in [-0.39, 0.29) is 59.2 Å². The van der Waals surface area contributed by atoms with Crippen molar-refractivity contribution in [2.45, 2.75) is 50.2 Å². The SMILES string of the molecule is CC(NC(=O)Cn1cnnn1)[C@H]1C(=O)N2C(C(=O)O)=C(S[C@@H]3CN[C@H](C(=O)N4CCN(CCN=C(N)N)CC4)C3)[C@H](C)[C@H]12. The van der Waals surface area contributed by atoms with Crippen molar-refractivity contribution in [1.82, 2.24) is 45.5 Å². The van der Waals surface area contributed by atoms with Crippen molar-refractivity contribution < 1.29 is 24.3 Å². The molecule has 0 spiro atoms. The van der Waals surface area contributed by atoms with Crippen molar-refractivity contribution in [2.75, 3.05) is 45.8 Å². The third kappa shape index (κ3) is 6.45. The number of carboxylic acid groups (broad SMARTS) is 1. The molecule has 17 nitrogen and oxygen atoms in total. The third-order valence-corrected chi connectivity index (χ3v) is 10.0. The number of carboxylic acids is 1. The van der Waals surface area contributed by atoms with Crippen LogP contribution in [0.1, 0.15) is 20.3 Å². The highest BCUT2D eigenvalue weighted by molar-refractivity contribution is 8.03. The smallest absolute Gasteiger partial charge is 0.353 e. The Balaban J connectivity index is 1.15. The second kappa shape index (κ2) is 12.8. The molecule has 7 N–H and O–H groups in total. The number of nitrogens with two attached hydrogens (primary N) is 2. The van der Waals surface area contributed by atoms with E-state index in [4.69, 9.17) is 11.5 Å². The van der Waals surface area contributed by atoms with Crippen LogP contribution in [0.5, 0.6) is 0 Å². The minimum Gasteiger partial charge on any atom is -0.477 e. The largest absolute Gasteiger partial charge is 0.477 e. The van der Waals surface area contributed by atoms with Gasteiger partial charge in [-0.2, -0.15) is 0 Å². The molecule has 0 aliphatic carbocycles. The summed E-state index contributed by atoms with van der Waals surface area (Å²) >= 11 is 1.44. The van der Waals surface area contributed by atoms with E-state index in [1.807, 2.05) is 11.8 Å². The van der Waals surface area contributed by atoms with Gasteiger partial charge in [0.1, 0.15) is 18.6 Å². The quantitative estimate of drug-likeness (QED) is 0.0937. The van der Waals surface area contributed by atoms with Crippen LogP contribution in [0, 0.1) is 11.8 Å². The van der Waals surface area contributed by atoms with Gasteiger partial charge in [0.25, 0.3) is 0 Å². The zero-order chi connectivity index (χ0) is 30.8. The molecule has 5 rings (SSSR count). The first-order chi connectivity index (χ1) is 20.5. The Bertz CT molecular complexity index is 1290. The lowest BCUT2D eigenvalue weighted by Crippen LogP contribution is -2.66. The van der Waals surface area contributed by atoms with Gasteiger partial charge in [0.15, 0.2) is 5.96 Å². The molecule has 0 bridgehead atoms. The Hall–Kier alpha value is -3.77. The van der Waals surface area contributed by atoms with Crippen molar-refractivity contribution in [3.8, 4) is 0 Å². The molecule has 4 aliphatic rings. The minimum absolute atomic E-state index is 0.00240. The number of thioether (sulfide) groups is 1. The number of hydrogen-bond acceptors (Lipinski definition) is 11. The summed E-state index contributed by atoms with van der Waals surface area (Å²) in [6.45, 7) is 8.09. The molecule has 43 heavy (non-hydrogen) atoms. The summed E-state index contributed by atoms with van der Waals surface area (Å²) < 4.78 is 1.28. The lowest BCUT2D eigenvalue weighted by atomic mass is 9.78. The minimum atomic E-state index is -1.16. The summed E-state index contributed by atoms with van der Waals surface area (Å²) in [7, 11) is 0. The molecule has 1 aromatic heterocycles. The standard InChI is InChI=1S/C25H38N12O5S/c1-13-19-18(14(2)31-17(38)11-36-12-30-32-33-36)23(40)37(19)20(24(41)42)21(13)43-15-9-16(29-10-15)22(39)35-7-5-34(6-8-35)4-3-28-25(26)27/h12-16,18-19,29H,3-11H2,1-2H3,(H,31,38)(H,41,42)(H4,26,27,28)/t13-,14?,15+,16+,18-,19-/m1/s1. The highest BCUT2D eigenvalue weighted by Crippen LogP contribution is 2.51. The van der Waals surface area contributed by atoms with Gasteiger partial charge in [0.2, 0.25) is 17.7 Å². The van der Waals surface area contributed by atoms with Gasteiger partial charge >= 0.3 is 5.97 Å². The van der Waals surface area contributed by atoms with Gasteiger partial charge in [-0.05, 0) is 23.8 Å². The maximum atomic E-state index is 13.3. The van der Waals surface area contributed by atoms with Gasteiger partial charge in [-0.15, -0.1) is 16.9 Å². The van der Waals surface area contributed by atoms with E-state index < -0.39 is 17.9 Å². The summed E-state index contributed by atoms with van der Waals surface area (Å²) in [5, 5.41) is 26.9. The molecule has 5 heterocycles. The van der Waals surface area contributed by atoms with Crippen LogP contribution >= 0.6 is 11.8 Å². The van der Waals surface area contributed by atoms with Crippen molar-refractivity contribution in [2.24, 2.45) is 28.3 Å². The molecule has 6 atom stereocenters. The maximum absolute atomic E-state index is 13.3. The Labute approximate surface area is 252 Å². The third-order valence-electron chi connectivity index (χ3n) is 8.49. The summed E-state index contributed by atoms with van der Waals surface area (Å²) in [6, 6.07) is -1.24. The van der Waals surface area contributed by atoms with Gasteiger partial charge in [-0.25, -0.2) is 9.48 Å². The fourth-order valence-electron chi connectivity index (χ4n) is 6.38. The number of aromatic nitrogens is 4. The molecule has 1 unspecified atom stereocenters. The summed E-state index contributed by atoms with van der Waals surface area (Å²) in [4.78, 5) is 61.4.